The van der Waals surface area contributed by atoms with Crippen LogP contribution >= 0.6 is 11.6 Å². The molecule has 0 aromatic heterocycles. The molecule has 0 spiro atoms. The van der Waals surface area contributed by atoms with Gasteiger partial charge in [-0.15, -0.1) is 0 Å². The first-order chi connectivity index (χ1) is 7.67. The number of ether oxygens (including phenoxy) is 1. The summed E-state index contributed by atoms with van der Waals surface area (Å²) < 4.78 is 4.84. The Balaban J connectivity index is 2.67. The van der Waals surface area contributed by atoms with Gasteiger partial charge in [-0.2, -0.15) is 0 Å². The van der Waals surface area contributed by atoms with E-state index in [0.717, 1.165) is 5.56 Å². The van der Waals surface area contributed by atoms with Crippen molar-refractivity contribution < 1.29 is 14.6 Å². The highest BCUT2D eigenvalue weighted by atomic mass is 35.5. The lowest BCUT2D eigenvalue weighted by atomic mass is 9.97. The minimum atomic E-state index is -0.295. The third kappa shape index (κ3) is 3.83. The molecule has 0 fully saturated rings. The fourth-order valence-corrected chi connectivity index (χ4v) is 1.57. The summed E-state index contributed by atoms with van der Waals surface area (Å²) >= 11 is 5.76. The molecule has 0 saturated heterocycles. The van der Waals surface area contributed by atoms with Crippen molar-refractivity contribution in [1.82, 2.24) is 0 Å². The summed E-state index contributed by atoms with van der Waals surface area (Å²) in [5.41, 5.74) is 0.889. The number of aliphatic hydroxyl groups is 1. The number of esters is 1. The van der Waals surface area contributed by atoms with E-state index < -0.39 is 0 Å². The summed E-state index contributed by atoms with van der Waals surface area (Å²) in [6, 6.07) is 7.10. The molecule has 0 saturated carbocycles. The number of carbonyl (C=O) groups is 1. The molecule has 0 radical (unpaired) electrons. The Morgan fingerprint density at radius 1 is 1.44 bits per heavy atom. The average molecular weight is 243 g/mol. The SMILES string of the molecule is CCOC(=O)CC(CO)c1ccc(Cl)cc1. The Morgan fingerprint density at radius 2 is 2.06 bits per heavy atom. The highest BCUT2D eigenvalue weighted by Gasteiger charge is 2.15. The van der Waals surface area contributed by atoms with Gasteiger partial charge in [0.05, 0.1) is 19.6 Å². The van der Waals surface area contributed by atoms with Crippen molar-refractivity contribution in [3.8, 4) is 0 Å². The maximum Gasteiger partial charge on any atom is 0.306 e. The van der Waals surface area contributed by atoms with Crippen LogP contribution in [0.5, 0.6) is 0 Å². The maximum absolute atomic E-state index is 11.3. The van der Waals surface area contributed by atoms with Gasteiger partial charge in [0.15, 0.2) is 0 Å². The molecular formula is C12H15ClO3. The highest BCUT2D eigenvalue weighted by molar-refractivity contribution is 6.30. The van der Waals surface area contributed by atoms with Gasteiger partial charge in [0, 0.05) is 10.9 Å². The second kappa shape index (κ2) is 6.51. The van der Waals surface area contributed by atoms with Crippen LogP contribution in [-0.2, 0) is 9.53 Å². The molecule has 1 unspecified atom stereocenters. The molecule has 1 atom stereocenters. The summed E-state index contributed by atoms with van der Waals surface area (Å²) in [7, 11) is 0. The molecule has 4 heteroatoms. The number of carbonyl (C=O) groups excluding carboxylic acids is 1. The molecule has 1 rings (SSSR count). The van der Waals surface area contributed by atoms with Crippen LogP contribution in [0.15, 0.2) is 24.3 Å². The van der Waals surface area contributed by atoms with Crippen LogP contribution in [0.4, 0.5) is 0 Å². The van der Waals surface area contributed by atoms with E-state index in [1.807, 2.05) is 12.1 Å². The van der Waals surface area contributed by atoms with Gasteiger partial charge in [-0.25, -0.2) is 0 Å². The largest absolute Gasteiger partial charge is 0.466 e. The van der Waals surface area contributed by atoms with Crippen LogP contribution in [0, 0.1) is 0 Å². The summed E-state index contributed by atoms with van der Waals surface area (Å²) in [5, 5.41) is 9.86. The van der Waals surface area contributed by atoms with Crippen LogP contribution in [0.3, 0.4) is 0 Å². The molecule has 0 aliphatic heterocycles. The van der Waals surface area contributed by atoms with Crippen LogP contribution in [0.2, 0.25) is 5.02 Å². The number of benzene rings is 1. The summed E-state index contributed by atoms with van der Waals surface area (Å²) in [4.78, 5) is 11.3. The molecule has 0 bridgehead atoms. The third-order valence-corrected chi connectivity index (χ3v) is 2.53. The van der Waals surface area contributed by atoms with E-state index in [2.05, 4.69) is 0 Å². The smallest absolute Gasteiger partial charge is 0.306 e. The first-order valence-electron chi connectivity index (χ1n) is 5.19. The molecule has 0 amide bonds. The highest BCUT2D eigenvalue weighted by Crippen LogP contribution is 2.21. The number of hydrogen-bond acceptors (Lipinski definition) is 3. The van der Waals surface area contributed by atoms with E-state index in [0.29, 0.717) is 11.6 Å². The summed E-state index contributed by atoms with van der Waals surface area (Å²) in [6.07, 6.45) is 0.186. The molecule has 0 aliphatic rings. The Morgan fingerprint density at radius 3 is 2.56 bits per heavy atom. The quantitative estimate of drug-likeness (QED) is 0.807. The lowest BCUT2D eigenvalue weighted by Gasteiger charge is -2.13. The molecular weight excluding hydrogens is 228 g/mol. The summed E-state index contributed by atoms with van der Waals surface area (Å²) in [6.45, 7) is 2.03. The van der Waals surface area contributed by atoms with Gasteiger partial charge in [0.25, 0.3) is 0 Å². The van der Waals surface area contributed by atoms with E-state index in [-0.39, 0.29) is 24.9 Å². The van der Waals surface area contributed by atoms with E-state index in [1.165, 1.54) is 0 Å². The van der Waals surface area contributed by atoms with Gasteiger partial charge >= 0.3 is 5.97 Å². The second-order valence-corrected chi connectivity index (χ2v) is 3.88. The van der Waals surface area contributed by atoms with Crippen molar-refractivity contribution in [1.29, 1.82) is 0 Å². The van der Waals surface area contributed by atoms with Crippen molar-refractivity contribution in [3.05, 3.63) is 34.9 Å². The monoisotopic (exact) mass is 242 g/mol. The third-order valence-electron chi connectivity index (χ3n) is 2.28. The number of hydrogen-bond donors (Lipinski definition) is 1. The van der Waals surface area contributed by atoms with Gasteiger partial charge in [-0.05, 0) is 24.6 Å². The molecule has 1 aromatic rings. The van der Waals surface area contributed by atoms with Crippen LogP contribution < -0.4 is 0 Å². The Hall–Kier alpha value is -1.06. The van der Waals surface area contributed by atoms with E-state index >= 15 is 0 Å². The van der Waals surface area contributed by atoms with Crippen molar-refractivity contribution in [2.45, 2.75) is 19.3 Å². The standard InChI is InChI=1S/C12H15ClO3/c1-2-16-12(15)7-10(8-14)9-3-5-11(13)6-4-9/h3-6,10,14H,2,7-8H2,1H3. The Bertz CT molecular complexity index is 335. The van der Waals surface area contributed by atoms with Crippen molar-refractivity contribution in [3.63, 3.8) is 0 Å². The lowest BCUT2D eigenvalue weighted by molar-refractivity contribution is -0.143. The normalized spacial score (nSPS) is 12.2. The Labute approximate surface area is 100.0 Å². The molecule has 1 aromatic carbocycles. The predicted octanol–water partition coefficient (Wildman–Crippen LogP) is 2.37. The fraction of sp³-hybridized carbons (Fsp3) is 0.417. The zero-order chi connectivity index (χ0) is 12.0. The van der Waals surface area contributed by atoms with Gasteiger partial charge in [-0.3, -0.25) is 4.79 Å². The number of aliphatic hydroxyl groups excluding tert-OH is 1. The van der Waals surface area contributed by atoms with Crippen LogP contribution in [-0.4, -0.2) is 24.3 Å². The van der Waals surface area contributed by atoms with E-state index in [1.54, 1.807) is 19.1 Å². The van der Waals surface area contributed by atoms with Crippen LogP contribution in [0.1, 0.15) is 24.8 Å². The van der Waals surface area contributed by atoms with Crippen molar-refractivity contribution >= 4 is 17.6 Å². The molecule has 16 heavy (non-hydrogen) atoms. The predicted molar refractivity (Wildman–Crippen MR) is 62.5 cm³/mol. The molecule has 1 N–H and O–H groups in total. The Kier molecular flexibility index (Phi) is 5.29. The van der Waals surface area contributed by atoms with E-state index in [9.17, 15) is 9.90 Å². The first kappa shape index (κ1) is 13.0. The molecule has 0 heterocycles. The van der Waals surface area contributed by atoms with Crippen molar-refractivity contribution in [2.24, 2.45) is 0 Å². The van der Waals surface area contributed by atoms with Gasteiger partial charge in [0.2, 0.25) is 0 Å². The maximum atomic E-state index is 11.3. The second-order valence-electron chi connectivity index (χ2n) is 3.44. The lowest BCUT2D eigenvalue weighted by Crippen LogP contribution is -2.13. The average Bonchev–Trinajstić information content (AvgIpc) is 2.27. The molecule has 0 aliphatic carbocycles. The minimum absolute atomic E-state index is 0.0829. The fourth-order valence-electron chi connectivity index (χ4n) is 1.44. The summed E-state index contributed by atoms with van der Waals surface area (Å²) in [5.74, 6) is -0.521. The van der Waals surface area contributed by atoms with Gasteiger partial charge in [-0.1, -0.05) is 23.7 Å². The topological polar surface area (TPSA) is 46.5 Å². The molecule has 3 nitrogen and oxygen atoms in total. The minimum Gasteiger partial charge on any atom is -0.466 e. The van der Waals surface area contributed by atoms with Crippen LogP contribution in [0.25, 0.3) is 0 Å². The molecule has 88 valence electrons. The number of halogens is 1. The zero-order valence-corrected chi connectivity index (χ0v) is 9.91. The first-order valence-corrected chi connectivity index (χ1v) is 5.57. The zero-order valence-electron chi connectivity index (χ0n) is 9.15. The number of rotatable bonds is 5. The van der Waals surface area contributed by atoms with Crippen molar-refractivity contribution in [2.75, 3.05) is 13.2 Å². The van der Waals surface area contributed by atoms with Gasteiger partial charge in [0.1, 0.15) is 0 Å². The van der Waals surface area contributed by atoms with Gasteiger partial charge < -0.3 is 9.84 Å². The van der Waals surface area contributed by atoms with E-state index in [4.69, 9.17) is 16.3 Å².